The molecule has 144 valence electrons. The van der Waals surface area contributed by atoms with E-state index in [1.165, 1.54) is 12.1 Å². The summed E-state index contributed by atoms with van der Waals surface area (Å²) in [5.74, 6) is -0.0245. The van der Waals surface area contributed by atoms with Crippen LogP contribution in [0.1, 0.15) is 24.9 Å². The van der Waals surface area contributed by atoms with Gasteiger partial charge < -0.3 is 15.5 Å². The molecule has 2 N–H and O–H groups in total. The lowest BCUT2D eigenvalue weighted by Gasteiger charge is -2.24. The Labute approximate surface area is 163 Å². The first kappa shape index (κ1) is 23.9. The van der Waals surface area contributed by atoms with Crippen LogP contribution < -0.4 is 10.6 Å². The number of guanidine groups is 1. The quantitative estimate of drug-likeness (QED) is 0.274. The number of aliphatic imine (C=N–C) groups is 1. The van der Waals surface area contributed by atoms with Gasteiger partial charge in [-0.05, 0) is 38.7 Å². The molecule has 0 saturated carbocycles. The van der Waals surface area contributed by atoms with Gasteiger partial charge in [0.05, 0.1) is 19.0 Å². The van der Waals surface area contributed by atoms with Gasteiger partial charge >= 0.3 is 6.18 Å². The van der Waals surface area contributed by atoms with Crippen LogP contribution in [0.25, 0.3) is 0 Å². The van der Waals surface area contributed by atoms with Crippen LogP contribution in [0, 0.1) is 5.82 Å². The summed E-state index contributed by atoms with van der Waals surface area (Å²) in [6, 6.07) is 6.04. The minimum Gasteiger partial charge on any atom is -0.357 e. The summed E-state index contributed by atoms with van der Waals surface area (Å²) in [5, 5.41) is 5.57. The van der Waals surface area contributed by atoms with Crippen LogP contribution in [0.4, 0.5) is 17.6 Å². The van der Waals surface area contributed by atoms with E-state index in [9.17, 15) is 17.6 Å². The summed E-state index contributed by atoms with van der Waals surface area (Å²) in [5.41, 5.74) is 0.759. The van der Waals surface area contributed by atoms with E-state index < -0.39 is 12.6 Å². The molecule has 0 aliphatic heterocycles. The Bertz CT molecular complexity index is 535. The maximum absolute atomic E-state index is 13.4. The SMILES string of the molecule is CCNC(=NCC(c1cccc(F)c1)N(C)C)NCCC(F)(F)F.I. The van der Waals surface area contributed by atoms with Gasteiger partial charge in [0.2, 0.25) is 0 Å². The van der Waals surface area contributed by atoms with Gasteiger partial charge in [0.15, 0.2) is 5.96 Å². The molecule has 0 amide bonds. The fourth-order valence-electron chi connectivity index (χ4n) is 2.12. The smallest absolute Gasteiger partial charge is 0.357 e. The van der Waals surface area contributed by atoms with E-state index in [1.807, 2.05) is 25.9 Å². The summed E-state index contributed by atoms with van der Waals surface area (Å²) < 4.78 is 50.1. The molecule has 0 radical (unpaired) electrons. The zero-order valence-corrected chi connectivity index (χ0v) is 16.9. The highest BCUT2D eigenvalue weighted by atomic mass is 127. The molecule has 4 nitrogen and oxygen atoms in total. The van der Waals surface area contributed by atoms with E-state index in [0.717, 1.165) is 5.56 Å². The number of alkyl halides is 3. The normalized spacial score (nSPS) is 13.4. The highest BCUT2D eigenvalue weighted by Gasteiger charge is 2.26. The molecule has 0 spiro atoms. The second-order valence-corrected chi connectivity index (χ2v) is 5.55. The first-order valence-corrected chi connectivity index (χ1v) is 7.73. The van der Waals surface area contributed by atoms with Crippen LogP contribution in [0.15, 0.2) is 29.3 Å². The van der Waals surface area contributed by atoms with Crippen LogP contribution in [0.2, 0.25) is 0 Å². The molecule has 1 aromatic carbocycles. The van der Waals surface area contributed by atoms with Crippen molar-refractivity contribution in [1.82, 2.24) is 15.5 Å². The maximum atomic E-state index is 13.4. The second-order valence-electron chi connectivity index (χ2n) is 5.55. The predicted molar refractivity (Wildman–Crippen MR) is 103 cm³/mol. The van der Waals surface area contributed by atoms with Gasteiger partial charge in [-0.2, -0.15) is 13.2 Å². The highest BCUT2D eigenvalue weighted by Crippen LogP contribution is 2.20. The summed E-state index contributed by atoms with van der Waals surface area (Å²) in [4.78, 5) is 6.21. The number of hydrogen-bond donors (Lipinski definition) is 2. The highest BCUT2D eigenvalue weighted by molar-refractivity contribution is 14.0. The third-order valence-corrected chi connectivity index (χ3v) is 3.32. The molecule has 0 aromatic heterocycles. The standard InChI is InChI=1S/C16H24F4N4.HI/c1-4-21-15(22-9-8-16(18,19)20)23-11-14(24(2)3)12-6-5-7-13(17)10-12;/h5-7,10,14H,4,8-9,11H2,1-3H3,(H2,21,22,23);1H. The van der Waals surface area contributed by atoms with Crippen LogP contribution in [-0.2, 0) is 0 Å². The summed E-state index contributed by atoms with van der Waals surface area (Å²) >= 11 is 0. The Hall–Kier alpha value is -1.10. The molecule has 0 bridgehead atoms. The lowest BCUT2D eigenvalue weighted by molar-refractivity contribution is -0.132. The third kappa shape index (κ3) is 9.83. The Balaban J connectivity index is 0.00000576. The third-order valence-electron chi connectivity index (χ3n) is 3.32. The van der Waals surface area contributed by atoms with Gasteiger partial charge in [-0.1, -0.05) is 12.1 Å². The molecule has 1 unspecified atom stereocenters. The zero-order chi connectivity index (χ0) is 18.2. The first-order valence-electron chi connectivity index (χ1n) is 7.73. The summed E-state index contributed by atoms with van der Waals surface area (Å²) in [6.45, 7) is 2.40. The number of nitrogens with zero attached hydrogens (tertiary/aromatic N) is 2. The molecule has 0 aliphatic rings. The van der Waals surface area contributed by atoms with Crippen molar-refractivity contribution in [3.8, 4) is 0 Å². The van der Waals surface area contributed by atoms with Crippen molar-refractivity contribution >= 4 is 29.9 Å². The van der Waals surface area contributed by atoms with Crippen molar-refractivity contribution in [3.63, 3.8) is 0 Å². The van der Waals surface area contributed by atoms with Crippen LogP contribution in [0.5, 0.6) is 0 Å². The molecule has 0 saturated heterocycles. The van der Waals surface area contributed by atoms with Gasteiger partial charge in [0.1, 0.15) is 5.82 Å². The molecule has 0 fully saturated rings. The molecule has 9 heteroatoms. The molecule has 1 rings (SSSR count). The fourth-order valence-corrected chi connectivity index (χ4v) is 2.12. The monoisotopic (exact) mass is 476 g/mol. The topological polar surface area (TPSA) is 39.7 Å². The Morgan fingerprint density at radius 2 is 1.92 bits per heavy atom. The molecular weight excluding hydrogens is 451 g/mol. The second kappa shape index (κ2) is 11.5. The number of likely N-dealkylation sites (N-methyl/N-ethyl adjacent to an activating group) is 1. The Morgan fingerprint density at radius 3 is 2.44 bits per heavy atom. The van der Waals surface area contributed by atoms with Crippen molar-refractivity contribution < 1.29 is 17.6 Å². The van der Waals surface area contributed by atoms with Crippen LogP contribution >= 0.6 is 24.0 Å². The average molecular weight is 476 g/mol. The number of hydrogen-bond acceptors (Lipinski definition) is 2. The van der Waals surface area contributed by atoms with Gasteiger partial charge in [-0.15, -0.1) is 24.0 Å². The summed E-state index contributed by atoms with van der Waals surface area (Å²) in [7, 11) is 3.68. The van der Waals surface area contributed by atoms with Gasteiger partial charge in [-0.25, -0.2) is 4.39 Å². The maximum Gasteiger partial charge on any atom is 0.390 e. The number of halogens is 5. The van der Waals surface area contributed by atoms with E-state index >= 15 is 0 Å². The molecule has 0 heterocycles. The number of benzene rings is 1. The van der Waals surface area contributed by atoms with E-state index in [-0.39, 0.29) is 48.9 Å². The molecular formula is C16H25F4IN4. The lowest BCUT2D eigenvalue weighted by atomic mass is 10.1. The van der Waals surface area contributed by atoms with Gasteiger partial charge in [-0.3, -0.25) is 4.99 Å². The summed E-state index contributed by atoms with van der Waals surface area (Å²) in [6.07, 6.45) is -5.14. The van der Waals surface area contributed by atoms with Crippen molar-refractivity contribution in [1.29, 1.82) is 0 Å². The predicted octanol–water partition coefficient (Wildman–Crippen LogP) is 3.55. The van der Waals surface area contributed by atoms with E-state index in [1.54, 1.807) is 12.1 Å². The number of rotatable bonds is 7. The van der Waals surface area contributed by atoms with Crippen molar-refractivity contribution in [2.24, 2.45) is 4.99 Å². The molecule has 25 heavy (non-hydrogen) atoms. The minimum absolute atomic E-state index is 0. The Kier molecular flexibility index (Phi) is 11.0. The molecule has 1 aromatic rings. The Morgan fingerprint density at radius 1 is 1.24 bits per heavy atom. The fraction of sp³-hybridized carbons (Fsp3) is 0.562. The van der Waals surface area contributed by atoms with Crippen LogP contribution in [-0.4, -0.2) is 50.8 Å². The van der Waals surface area contributed by atoms with Gasteiger partial charge in [0, 0.05) is 13.1 Å². The zero-order valence-electron chi connectivity index (χ0n) is 14.5. The largest absolute Gasteiger partial charge is 0.390 e. The lowest BCUT2D eigenvalue weighted by Crippen LogP contribution is -2.39. The molecule has 1 atom stereocenters. The van der Waals surface area contributed by atoms with Gasteiger partial charge in [0.25, 0.3) is 0 Å². The average Bonchev–Trinajstić information content (AvgIpc) is 2.45. The van der Waals surface area contributed by atoms with Crippen molar-refractivity contribution in [2.45, 2.75) is 25.6 Å². The van der Waals surface area contributed by atoms with E-state index in [0.29, 0.717) is 12.5 Å². The van der Waals surface area contributed by atoms with Crippen molar-refractivity contribution in [3.05, 3.63) is 35.6 Å². The van der Waals surface area contributed by atoms with E-state index in [4.69, 9.17) is 0 Å². The van der Waals surface area contributed by atoms with Crippen LogP contribution in [0.3, 0.4) is 0 Å². The number of nitrogens with one attached hydrogen (secondary N) is 2. The van der Waals surface area contributed by atoms with E-state index in [2.05, 4.69) is 15.6 Å². The minimum atomic E-state index is -4.21. The first-order chi connectivity index (χ1) is 11.2. The molecule has 0 aliphatic carbocycles. The van der Waals surface area contributed by atoms with Crippen molar-refractivity contribution in [2.75, 3.05) is 33.7 Å².